The van der Waals surface area contributed by atoms with E-state index in [1.54, 1.807) is 0 Å². The number of rotatable bonds is 17. The predicted octanol–water partition coefficient (Wildman–Crippen LogP) is 9.70. The van der Waals surface area contributed by atoms with Gasteiger partial charge in [0.05, 0.1) is 91.2 Å². The highest BCUT2D eigenvalue weighted by Crippen LogP contribution is 2.66. The van der Waals surface area contributed by atoms with E-state index in [0.717, 1.165) is 0 Å². The Balaban J connectivity index is 1.17. The summed E-state index contributed by atoms with van der Waals surface area (Å²) < 4.78 is 142. The molecule has 34 heteroatoms. The number of carbonyl (C=O) groups excluding carboxylic acids is 7. The van der Waals surface area contributed by atoms with Gasteiger partial charge in [-0.05, 0) is 186 Å². The Labute approximate surface area is 560 Å². The monoisotopic (exact) mass is 1460 g/mol. The molecule has 13 rings (SSSR count). The lowest BCUT2D eigenvalue weighted by atomic mass is 9.89. The van der Waals surface area contributed by atoms with Crippen LogP contribution in [0.1, 0.15) is 200 Å². The molecule has 528 valence electrons. The molecule has 26 nitrogen and oxygen atoms in total. The fourth-order valence-corrected chi connectivity index (χ4v) is 73.9. The molecule has 0 aromatic rings. The van der Waals surface area contributed by atoms with E-state index in [1.165, 1.54) is 49.8 Å². The minimum atomic E-state index is -4.88. The lowest BCUT2D eigenvalue weighted by molar-refractivity contribution is -0.147. The molecule has 0 aromatic carbocycles. The van der Waals surface area contributed by atoms with Crippen molar-refractivity contribution in [3.63, 3.8) is 0 Å². The van der Waals surface area contributed by atoms with Crippen LogP contribution < -0.4 is 0 Å². The average molecular weight is 1460 g/mol. The Kier molecular flexibility index (Phi) is 21.9. The second kappa shape index (κ2) is 28.9. The molecule has 0 unspecified atom stereocenters. The number of esters is 7. The van der Waals surface area contributed by atoms with Crippen LogP contribution in [-0.2, 0) is 116 Å². The molecule has 0 N–H and O–H groups in total. The van der Waals surface area contributed by atoms with E-state index in [4.69, 9.17) is 82.5 Å². The van der Waals surface area contributed by atoms with Crippen LogP contribution in [0.4, 0.5) is 0 Å². The molecular formula is C60H100O26Si8. The van der Waals surface area contributed by atoms with Crippen LogP contribution in [0, 0.1) is 41.4 Å². The number of hydrogen-bond acceptors (Lipinski definition) is 26. The molecule has 6 aliphatic heterocycles. The topological polar surface area (TPSA) is 295 Å². The lowest BCUT2D eigenvalue weighted by Crippen LogP contribution is -2.91. The molecule has 8 bridgehead atoms. The predicted molar refractivity (Wildman–Crippen MR) is 343 cm³/mol. The van der Waals surface area contributed by atoms with Crippen molar-refractivity contribution in [2.75, 3.05) is 49.8 Å². The third kappa shape index (κ3) is 13.4. The van der Waals surface area contributed by atoms with E-state index in [2.05, 4.69) is 6.92 Å². The van der Waals surface area contributed by atoms with Gasteiger partial charge in [-0.1, -0.05) is 13.3 Å². The van der Waals surface area contributed by atoms with Crippen LogP contribution in [0.3, 0.4) is 0 Å². The van der Waals surface area contributed by atoms with Gasteiger partial charge in [-0.3, -0.25) is 33.6 Å². The van der Waals surface area contributed by atoms with Gasteiger partial charge in [-0.25, -0.2) is 0 Å². The molecule has 0 spiro atoms. The molecule has 94 heavy (non-hydrogen) atoms. The summed E-state index contributed by atoms with van der Waals surface area (Å²) in [4.78, 5) is 95.7. The molecule has 6 heterocycles. The second-order valence-corrected chi connectivity index (χ2v) is 54.6. The molecule has 0 atom stereocenters. The van der Waals surface area contributed by atoms with Gasteiger partial charge in [0.25, 0.3) is 0 Å². The van der Waals surface area contributed by atoms with E-state index >= 15 is 0 Å². The van der Waals surface area contributed by atoms with Crippen molar-refractivity contribution in [3.8, 4) is 0 Å². The normalized spacial score (nSPS) is 45.4. The highest BCUT2D eigenvalue weighted by molar-refractivity contribution is 7.04. The van der Waals surface area contributed by atoms with Crippen LogP contribution in [0.25, 0.3) is 0 Å². The summed E-state index contributed by atoms with van der Waals surface area (Å²) in [6.45, 7) is 2.09. The molecule has 13 aliphatic rings. The van der Waals surface area contributed by atoms with Crippen molar-refractivity contribution >= 4 is 112 Å². The zero-order valence-corrected chi connectivity index (χ0v) is 64.1. The number of ether oxygens (including phenoxy) is 7. The molecule has 0 aromatic heterocycles. The van der Waals surface area contributed by atoms with Crippen LogP contribution in [0.15, 0.2) is 0 Å². The standard InChI is InChI=1S/C60H100O26Si8/c1-9-10-39-87-75-88(47-25-11-40(12-26-47)54(61)68-2)78-91(50-31-17-43(18-32-50)57(64)71-5)80-89(76-87,48-27-13-41(14-28-48)55(62)69-3)82-93(52-35-21-45(22-36-52)59(66)73-7)83-90(77-87,49-29-15-42(16-30-49)56(63)70-4)81-92(79-88,51-33-19-44(20-34-51)58(65)72-6)85-94(84-91,86-93)53-37-23-46(24-38-53)60(67)74-8/h40-53H,9-39H2,1-8H3. The average Bonchev–Trinajstić information content (AvgIpc) is 0.668. The summed E-state index contributed by atoms with van der Waals surface area (Å²) in [6, 6.07) is 0.224. The summed E-state index contributed by atoms with van der Waals surface area (Å²) >= 11 is 0. The van der Waals surface area contributed by atoms with Gasteiger partial charge in [0.2, 0.25) is 0 Å². The van der Waals surface area contributed by atoms with E-state index in [-0.39, 0.29) is 47.8 Å². The first-order valence-corrected chi connectivity index (χ1v) is 49.7. The summed E-state index contributed by atoms with van der Waals surface area (Å²) in [6.07, 6.45) is 12.1. The second-order valence-electron chi connectivity index (χ2n) is 28.7. The first kappa shape index (κ1) is 71.4. The third-order valence-corrected chi connectivity index (χ3v) is 63.3. The number of methoxy groups -OCH3 is 7. The molecule has 7 saturated carbocycles. The number of carbonyl (C=O) groups is 7. The van der Waals surface area contributed by atoms with Crippen molar-refractivity contribution in [1.82, 2.24) is 0 Å². The van der Waals surface area contributed by atoms with Gasteiger partial charge in [0, 0.05) is 44.8 Å². The first-order valence-electron chi connectivity index (χ1n) is 35.1. The van der Waals surface area contributed by atoms with Gasteiger partial charge < -0.3 is 82.5 Å². The zero-order valence-electron chi connectivity index (χ0n) is 56.1. The number of hydrogen-bond donors (Lipinski definition) is 0. The Morgan fingerprint density at radius 2 is 0.383 bits per heavy atom. The smallest absolute Gasteiger partial charge is 0.469 e. The van der Waals surface area contributed by atoms with Crippen LogP contribution in [0.5, 0.6) is 0 Å². The van der Waals surface area contributed by atoms with Gasteiger partial charge in [-0.15, -0.1) is 0 Å². The maximum absolute atomic E-state index is 13.7. The Morgan fingerprint density at radius 3 is 0.511 bits per heavy atom. The van der Waals surface area contributed by atoms with Crippen molar-refractivity contribution < 1.29 is 116 Å². The van der Waals surface area contributed by atoms with Crippen molar-refractivity contribution in [2.24, 2.45) is 41.4 Å². The van der Waals surface area contributed by atoms with Crippen molar-refractivity contribution in [3.05, 3.63) is 0 Å². The maximum atomic E-state index is 13.7. The summed E-state index contributed by atoms with van der Waals surface area (Å²) in [5, 5.41) is 0. The zero-order chi connectivity index (χ0) is 66.5. The fraction of sp³-hybridized carbons (Fsp3) is 0.883. The van der Waals surface area contributed by atoms with Crippen LogP contribution >= 0.6 is 0 Å². The van der Waals surface area contributed by atoms with E-state index < -0.39 is 151 Å². The summed E-state index contributed by atoms with van der Waals surface area (Å²) in [5.74, 6) is -5.36. The number of unbranched alkanes of at least 4 members (excludes halogenated alkanes) is 1. The lowest BCUT2D eigenvalue weighted by Gasteiger charge is -2.68. The molecular weight excluding hydrogens is 1360 g/mol. The fourth-order valence-electron chi connectivity index (χ4n) is 18.2. The van der Waals surface area contributed by atoms with Crippen LogP contribution in [0.2, 0.25) is 44.8 Å². The molecule has 6 saturated heterocycles. The van der Waals surface area contributed by atoms with E-state index in [9.17, 15) is 33.6 Å². The highest BCUT2D eigenvalue weighted by atomic mass is 28.6. The van der Waals surface area contributed by atoms with E-state index in [0.29, 0.717) is 193 Å². The molecule has 0 radical (unpaired) electrons. The minimum absolute atomic E-state index is 0.224. The van der Waals surface area contributed by atoms with Crippen LogP contribution in [-0.4, -0.2) is 162 Å². The van der Waals surface area contributed by atoms with Gasteiger partial charge in [-0.2, -0.15) is 0 Å². The quantitative estimate of drug-likeness (QED) is 0.0743. The van der Waals surface area contributed by atoms with Crippen molar-refractivity contribution in [1.29, 1.82) is 0 Å². The Hall–Kier alpha value is -2.45. The summed E-state index contributed by atoms with van der Waals surface area (Å²) in [5.41, 5.74) is -4.02. The molecule has 0 amide bonds. The first-order chi connectivity index (χ1) is 45.2. The highest BCUT2D eigenvalue weighted by Gasteiger charge is 2.88. The van der Waals surface area contributed by atoms with Gasteiger partial charge in [0.15, 0.2) is 0 Å². The van der Waals surface area contributed by atoms with Gasteiger partial charge >= 0.3 is 112 Å². The largest absolute Gasteiger partial charge is 0.482 e. The van der Waals surface area contributed by atoms with Crippen molar-refractivity contribution in [2.45, 2.75) is 244 Å². The van der Waals surface area contributed by atoms with Gasteiger partial charge in [0.1, 0.15) is 0 Å². The van der Waals surface area contributed by atoms with E-state index in [1.807, 2.05) is 0 Å². The maximum Gasteiger partial charge on any atom is 0.482 e. The molecule has 7 aliphatic carbocycles. The summed E-state index contributed by atoms with van der Waals surface area (Å²) in [7, 11) is -28.6. The third-order valence-electron chi connectivity index (χ3n) is 23.6. The molecule has 13 fully saturated rings. The Morgan fingerprint density at radius 1 is 0.245 bits per heavy atom. The Bertz CT molecular complexity index is 2480. The SMILES string of the molecule is CCCC[Si]12O[Si]3(C4CCC(C(=O)OC)CC4)O[Si]4(C5CCC(C(=O)OC)CC5)O[Si](C5CCC(C(=O)OC)CC5)(O1)O[Si]1(C5CCC(C(=O)OC)CC5)O[Si](C5CCC(C(=O)OC)CC5)(O2)O[Si](C2CCC(C(=O)OC)CC2)(O3)O[Si](C2CCC(C(=O)OC)CC2)(O4)O1. The minimum Gasteiger partial charge on any atom is -0.469 e.